The van der Waals surface area contributed by atoms with Gasteiger partial charge in [-0.1, -0.05) is 48.0 Å². The van der Waals surface area contributed by atoms with Gasteiger partial charge in [0.15, 0.2) is 0 Å². The fraction of sp³-hybridized carbons (Fsp3) is 0.240. The second kappa shape index (κ2) is 9.71. The van der Waals surface area contributed by atoms with Crippen molar-refractivity contribution in [2.24, 2.45) is 0 Å². The van der Waals surface area contributed by atoms with Crippen LogP contribution in [0.4, 0.5) is 0 Å². The van der Waals surface area contributed by atoms with Crippen LogP contribution in [-0.2, 0) is 11.2 Å². The van der Waals surface area contributed by atoms with Crippen LogP contribution in [0.1, 0.15) is 21.9 Å². The van der Waals surface area contributed by atoms with E-state index in [0.29, 0.717) is 19.6 Å². The van der Waals surface area contributed by atoms with Gasteiger partial charge in [-0.25, -0.2) is 4.98 Å². The first-order chi connectivity index (χ1) is 15.1. The number of hydrogen-bond donors (Lipinski definition) is 1. The van der Waals surface area contributed by atoms with Gasteiger partial charge in [0.05, 0.1) is 23.7 Å². The number of ether oxygens (including phenoxy) is 1. The number of para-hydroxylation sites is 1. The third kappa shape index (κ3) is 5.27. The second-order valence-electron chi connectivity index (χ2n) is 7.43. The number of aryl methyl sites for hydroxylation is 2. The van der Waals surface area contributed by atoms with E-state index in [1.165, 1.54) is 5.56 Å². The van der Waals surface area contributed by atoms with E-state index in [2.05, 4.69) is 46.5 Å². The van der Waals surface area contributed by atoms with Crippen molar-refractivity contribution >= 4 is 28.1 Å². The highest BCUT2D eigenvalue weighted by atomic mass is 32.1. The van der Waals surface area contributed by atoms with Crippen LogP contribution in [-0.4, -0.2) is 29.0 Å². The number of nitrogens with one attached hydrogen (secondary N) is 1. The molecule has 2 heterocycles. The predicted octanol–water partition coefficient (Wildman–Crippen LogP) is 5.10. The van der Waals surface area contributed by atoms with Crippen LogP contribution in [0.15, 0.2) is 60.8 Å². The molecule has 1 N–H and O–H groups in total. The van der Waals surface area contributed by atoms with Crippen LogP contribution in [0.5, 0.6) is 5.75 Å². The molecule has 1 amide bonds. The van der Waals surface area contributed by atoms with E-state index in [0.717, 1.165) is 44.2 Å². The molecule has 2 aromatic heterocycles. The average molecular weight is 432 g/mol. The Bertz CT molecular complexity index is 1180. The molecule has 0 aliphatic rings. The number of pyridine rings is 1. The van der Waals surface area contributed by atoms with E-state index in [9.17, 15) is 4.79 Å². The van der Waals surface area contributed by atoms with Gasteiger partial charge in [-0.15, -0.1) is 11.3 Å². The van der Waals surface area contributed by atoms with Crippen molar-refractivity contribution in [1.82, 2.24) is 15.3 Å². The maximum atomic E-state index is 12.5. The Morgan fingerprint density at radius 2 is 1.87 bits per heavy atom. The number of rotatable bonds is 8. The maximum Gasteiger partial charge on any atom is 0.225 e. The smallest absolute Gasteiger partial charge is 0.225 e. The summed E-state index contributed by atoms with van der Waals surface area (Å²) < 4.78 is 5.89. The van der Waals surface area contributed by atoms with Crippen LogP contribution < -0.4 is 10.1 Å². The average Bonchev–Trinajstić information content (AvgIpc) is 3.14. The molecule has 0 unspecified atom stereocenters. The van der Waals surface area contributed by atoms with Crippen molar-refractivity contribution in [2.75, 3.05) is 13.2 Å². The lowest BCUT2D eigenvalue weighted by atomic mass is 10.1. The summed E-state index contributed by atoms with van der Waals surface area (Å²) in [5, 5.41) is 5.02. The largest absolute Gasteiger partial charge is 0.491 e. The molecular weight excluding hydrogens is 406 g/mol. The summed E-state index contributed by atoms with van der Waals surface area (Å²) in [6.45, 7) is 5.12. The molecule has 0 fully saturated rings. The van der Waals surface area contributed by atoms with Gasteiger partial charge in [0.25, 0.3) is 0 Å². The van der Waals surface area contributed by atoms with Gasteiger partial charge in [0.2, 0.25) is 5.91 Å². The van der Waals surface area contributed by atoms with Crippen LogP contribution in [0, 0.1) is 13.8 Å². The minimum atomic E-state index is 0.00355. The Hall–Kier alpha value is -3.25. The van der Waals surface area contributed by atoms with Crippen LogP contribution >= 0.6 is 11.3 Å². The van der Waals surface area contributed by atoms with Gasteiger partial charge in [-0.3, -0.25) is 9.78 Å². The minimum Gasteiger partial charge on any atom is -0.491 e. The number of amides is 1. The minimum absolute atomic E-state index is 0.00355. The standard InChI is InChI=1S/C25H25N3O2S/c1-17-9-11-20(12-10-17)25-22(31-18(2)28-25)16-23(29)26-14-5-15-30-21-8-3-6-19-7-4-13-27-24(19)21/h3-4,6-13H,5,14-16H2,1-2H3,(H,26,29). The van der Waals surface area contributed by atoms with E-state index < -0.39 is 0 Å². The molecule has 0 radical (unpaired) electrons. The zero-order valence-electron chi connectivity index (χ0n) is 17.7. The summed E-state index contributed by atoms with van der Waals surface area (Å²) in [6, 6.07) is 18.1. The van der Waals surface area contributed by atoms with Crippen LogP contribution in [0.25, 0.3) is 22.2 Å². The molecule has 4 rings (SSSR count). The molecule has 0 bridgehead atoms. The molecule has 4 aromatic rings. The van der Waals surface area contributed by atoms with E-state index in [4.69, 9.17) is 4.74 Å². The number of thiazole rings is 1. The predicted molar refractivity (Wildman–Crippen MR) is 126 cm³/mol. The Morgan fingerprint density at radius 1 is 1.06 bits per heavy atom. The maximum absolute atomic E-state index is 12.5. The summed E-state index contributed by atoms with van der Waals surface area (Å²) >= 11 is 1.58. The Kier molecular flexibility index (Phi) is 6.57. The SMILES string of the molecule is Cc1ccc(-c2nc(C)sc2CC(=O)NCCCOc2cccc3cccnc23)cc1. The molecule has 0 aliphatic heterocycles. The van der Waals surface area contributed by atoms with E-state index >= 15 is 0 Å². The van der Waals surface area contributed by atoms with Crippen LogP contribution in [0.2, 0.25) is 0 Å². The van der Waals surface area contributed by atoms with E-state index in [1.54, 1.807) is 17.5 Å². The first-order valence-corrected chi connectivity index (χ1v) is 11.2. The van der Waals surface area contributed by atoms with E-state index in [1.807, 2.05) is 37.3 Å². The van der Waals surface area contributed by atoms with Gasteiger partial charge < -0.3 is 10.1 Å². The molecule has 6 heteroatoms. The summed E-state index contributed by atoms with van der Waals surface area (Å²) in [6.07, 6.45) is 2.83. The zero-order valence-corrected chi connectivity index (χ0v) is 18.5. The summed E-state index contributed by atoms with van der Waals surface area (Å²) in [7, 11) is 0. The fourth-order valence-electron chi connectivity index (χ4n) is 3.41. The topological polar surface area (TPSA) is 64.1 Å². The van der Waals surface area contributed by atoms with Crippen molar-refractivity contribution in [3.05, 3.63) is 76.2 Å². The Balaban J connectivity index is 1.28. The Morgan fingerprint density at radius 3 is 2.71 bits per heavy atom. The first kappa shape index (κ1) is 21.0. The Labute approximate surface area is 186 Å². The van der Waals surface area contributed by atoms with Gasteiger partial charge in [0, 0.05) is 28.6 Å². The number of carbonyl (C=O) groups is 1. The lowest BCUT2D eigenvalue weighted by Crippen LogP contribution is -2.27. The molecule has 31 heavy (non-hydrogen) atoms. The monoisotopic (exact) mass is 431 g/mol. The van der Waals surface area contributed by atoms with Crippen molar-refractivity contribution in [3.63, 3.8) is 0 Å². The van der Waals surface area contributed by atoms with Crippen LogP contribution in [0.3, 0.4) is 0 Å². The fourth-order valence-corrected chi connectivity index (χ4v) is 4.37. The second-order valence-corrected chi connectivity index (χ2v) is 8.72. The highest BCUT2D eigenvalue weighted by molar-refractivity contribution is 7.12. The molecular formula is C25H25N3O2S. The van der Waals surface area contributed by atoms with Gasteiger partial charge in [-0.05, 0) is 32.4 Å². The lowest BCUT2D eigenvalue weighted by Gasteiger charge is -2.09. The lowest BCUT2D eigenvalue weighted by molar-refractivity contribution is -0.120. The number of benzene rings is 2. The molecule has 0 atom stereocenters. The zero-order chi connectivity index (χ0) is 21.6. The number of carbonyl (C=O) groups excluding carboxylic acids is 1. The quantitative estimate of drug-likeness (QED) is 0.394. The number of hydrogen-bond acceptors (Lipinski definition) is 5. The molecule has 2 aromatic carbocycles. The third-order valence-electron chi connectivity index (χ3n) is 4.95. The summed E-state index contributed by atoms with van der Waals surface area (Å²) in [4.78, 5) is 22.5. The summed E-state index contributed by atoms with van der Waals surface area (Å²) in [5.74, 6) is 0.774. The molecule has 0 saturated carbocycles. The van der Waals surface area contributed by atoms with Gasteiger partial charge >= 0.3 is 0 Å². The molecule has 0 aliphatic carbocycles. The van der Waals surface area contributed by atoms with Gasteiger partial charge in [0.1, 0.15) is 11.3 Å². The van der Waals surface area contributed by atoms with Crippen molar-refractivity contribution in [3.8, 4) is 17.0 Å². The number of aromatic nitrogens is 2. The highest BCUT2D eigenvalue weighted by Crippen LogP contribution is 2.28. The number of fused-ring (bicyclic) bond motifs is 1. The normalized spacial score (nSPS) is 10.9. The molecule has 158 valence electrons. The van der Waals surface area contributed by atoms with Gasteiger partial charge in [-0.2, -0.15) is 0 Å². The van der Waals surface area contributed by atoms with Crippen molar-refractivity contribution in [2.45, 2.75) is 26.7 Å². The third-order valence-corrected chi connectivity index (χ3v) is 5.92. The highest BCUT2D eigenvalue weighted by Gasteiger charge is 2.14. The molecule has 5 nitrogen and oxygen atoms in total. The van der Waals surface area contributed by atoms with E-state index in [-0.39, 0.29) is 5.91 Å². The molecule has 0 spiro atoms. The van der Waals surface area contributed by atoms with Crippen molar-refractivity contribution in [1.29, 1.82) is 0 Å². The van der Waals surface area contributed by atoms with Crippen molar-refractivity contribution < 1.29 is 9.53 Å². The number of nitrogens with zero attached hydrogens (tertiary/aromatic N) is 2. The first-order valence-electron chi connectivity index (χ1n) is 10.4. The molecule has 0 saturated heterocycles. The summed E-state index contributed by atoms with van der Waals surface area (Å²) in [5.41, 5.74) is 4.02.